The summed E-state index contributed by atoms with van der Waals surface area (Å²) in [6.07, 6.45) is 0.436. The van der Waals surface area contributed by atoms with E-state index in [1.54, 1.807) is 43.0 Å². The summed E-state index contributed by atoms with van der Waals surface area (Å²) in [7, 11) is 5.92. The number of sulfonamides is 1. The van der Waals surface area contributed by atoms with Crippen LogP contribution in [0.25, 0.3) is 0 Å². The number of nitrogens with one attached hydrogen (secondary N) is 3. The summed E-state index contributed by atoms with van der Waals surface area (Å²) in [5, 5.41) is 5.94. The van der Waals surface area contributed by atoms with E-state index < -0.39 is 58.2 Å². The van der Waals surface area contributed by atoms with Crippen LogP contribution in [0.5, 0.6) is 0 Å². The molecule has 1 aliphatic rings. The summed E-state index contributed by atoms with van der Waals surface area (Å²) >= 11 is 0. The Hall–Kier alpha value is -3.27. The lowest BCUT2D eigenvalue weighted by Gasteiger charge is -2.41. The van der Waals surface area contributed by atoms with Crippen molar-refractivity contribution in [2.45, 2.75) is 115 Å². The van der Waals surface area contributed by atoms with Gasteiger partial charge in [0.15, 0.2) is 0 Å². The van der Waals surface area contributed by atoms with Crippen molar-refractivity contribution in [2.24, 2.45) is 23.7 Å². The number of rotatable bonds is 20. The first kappa shape index (κ1) is 45.9. The number of carbonyl (C=O) groups excluding carboxylic acids is 4. The Kier molecular flexibility index (Phi) is 17.7. The number of ether oxygens (including phenoxy) is 2. The minimum absolute atomic E-state index is 0.0290. The molecular formula is C38H66N6O8S. The van der Waals surface area contributed by atoms with Crippen LogP contribution in [-0.2, 0) is 38.7 Å². The average molecular weight is 767 g/mol. The van der Waals surface area contributed by atoms with E-state index in [4.69, 9.17) is 9.47 Å². The minimum atomic E-state index is -4.15. The Bertz CT molecular complexity index is 1460. The second-order valence-corrected chi connectivity index (χ2v) is 16.9. The van der Waals surface area contributed by atoms with Gasteiger partial charge in [0.05, 0.1) is 47.6 Å². The lowest BCUT2D eigenvalue weighted by Crippen LogP contribution is -2.59. The molecule has 1 heterocycles. The second-order valence-electron chi connectivity index (χ2n) is 15.2. The van der Waals surface area contributed by atoms with Crippen LogP contribution in [0.3, 0.4) is 0 Å². The molecule has 302 valence electrons. The van der Waals surface area contributed by atoms with Gasteiger partial charge in [0.2, 0.25) is 23.6 Å². The van der Waals surface area contributed by atoms with Crippen LogP contribution in [-0.4, -0.2) is 132 Å². The molecule has 0 spiro atoms. The quantitative estimate of drug-likeness (QED) is 0.180. The Balaban J connectivity index is 2.29. The molecule has 15 heteroatoms. The molecule has 0 saturated carbocycles. The molecule has 0 aliphatic carbocycles. The molecule has 8 atom stereocenters. The maximum absolute atomic E-state index is 14.2. The standard InChI is InChI=1S/C38H66N6O8S/c1-14-25(6)34(43(11)38(48)32(23(2)3)40-37(47)33(24(4)5)42(9)10)30(51-12)22-31(45)44-21-15-16-29(44)35(52-13)26(7)36(46)41-53(49,50)28-19-17-27(39-8)18-20-28/h17-20,23-26,29-30,32-35,39H,14-16,21-22H2,1-13H3,(H,40,47)(H,41,46)/t25-,26+,29-,30+,32-,33?,34?,35+/m0/s1. The molecule has 1 fully saturated rings. The number of carbonyl (C=O) groups is 4. The molecular weight excluding hydrogens is 701 g/mol. The van der Waals surface area contributed by atoms with E-state index in [2.05, 4.69) is 15.4 Å². The summed E-state index contributed by atoms with van der Waals surface area (Å²) < 4.78 is 40.0. The number of methoxy groups -OCH3 is 2. The largest absolute Gasteiger partial charge is 0.388 e. The van der Waals surface area contributed by atoms with Crippen LogP contribution in [0.2, 0.25) is 0 Å². The van der Waals surface area contributed by atoms with Crippen molar-refractivity contribution >= 4 is 39.3 Å². The Morgan fingerprint density at radius 1 is 0.925 bits per heavy atom. The van der Waals surface area contributed by atoms with Gasteiger partial charge in [-0.25, -0.2) is 13.1 Å². The smallest absolute Gasteiger partial charge is 0.264 e. The number of nitrogens with zero attached hydrogens (tertiary/aromatic N) is 3. The number of amides is 4. The van der Waals surface area contributed by atoms with Crippen molar-refractivity contribution in [1.82, 2.24) is 24.7 Å². The van der Waals surface area contributed by atoms with Crippen molar-refractivity contribution in [3.8, 4) is 0 Å². The topological polar surface area (TPSA) is 167 Å². The first-order valence-electron chi connectivity index (χ1n) is 18.7. The van der Waals surface area contributed by atoms with E-state index in [0.29, 0.717) is 25.8 Å². The molecule has 2 rings (SSSR count). The Labute approximate surface area is 318 Å². The van der Waals surface area contributed by atoms with Crippen molar-refractivity contribution in [2.75, 3.05) is 54.3 Å². The molecule has 53 heavy (non-hydrogen) atoms. The fraction of sp³-hybridized carbons (Fsp3) is 0.737. The molecule has 0 bridgehead atoms. The molecule has 1 saturated heterocycles. The van der Waals surface area contributed by atoms with Crippen LogP contribution in [0.15, 0.2) is 29.2 Å². The summed E-state index contributed by atoms with van der Waals surface area (Å²) in [5.41, 5.74) is 0.724. The van der Waals surface area contributed by atoms with E-state index in [-0.39, 0.29) is 46.8 Å². The van der Waals surface area contributed by atoms with Crippen LogP contribution < -0.4 is 15.4 Å². The number of anilines is 1. The molecule has 4 amide bonds. The third-order valence-electron chi connectivity index (χ3n) is 10.6. The van der Waals surface area contributed by atoms with E-state index >= 15 is 0 Å². The third-order valence-corrected chi connectivity index (χ3v) is 12.0. The lowest BCUT2D eigenvalue weighted by atomic mass is 9.89. The number of likely N-dealkylation sites (N-methyl/N-ethyl adjacent to an activating group) is 2. The van der Waals surface area contributed by atoms with E-state index in [1.807, 2.05) is 60.5 Å². The van der Waals surface area contributed by atoms with Crippen molar-refractivity contribution < 1.29 is 37.1 Å². The lowest BCUT2D eigenvalue weighted by molar-refractivity contribution is -0.148. The van der Waals surface area contributed by atoms with Gasteiger partial charge in [-0.3, -0.25) is 24.1 Å². The van der Waals surface area contributed by atoms with Gasteiger partial charge in [-0.2, -0.15) is 0 Å². The van der Waals surface area contributed by atoms with Crippen molar-refractivity contribution in [3.63, 3.8) is 0 Å². The average Bonchev–Trinajstić information content (AvgIpc) is 3.59. The molecule has 0 radical (unpaired) electrons. The first-order valence-corrected chi connectivity index (χ1v) is 20.2. The highest BCUT2D eigenvalue weighted by Crippen LogP contribution is 2.30. The molecule has 1 aromatic carbocycles. The molecule has 2 unspecified atom stereocenters. The van der Waals surface area contributed by atoms with Gasteiger partial charge < -0.3 is 29.9 Å². The Morgan fingerprint density at radius 2 is 1.53 bits per heavy atom. The second kappa shape index (κ2) is 20.4. The number of likely N-dealkylation sites (tertiary alicyclic amines) is 1. The summed E-state index contributed by atoms with van der Waals surface area (Å²) in [6.45, 7) is 13.8. The fourth-order valence-corrected chi connectivity index (χ4v) is 8.56. The van der Waals surface area contributed by atoms with Crippen LogP contribution >= 0.6 is 0 Å². The molecule has 0 aromatic heterocycles. The highest BCUT2D eigenvalue weighted by Gasteiger charge is 2.43. The zero-order valence-electron chi connectivity index (χ0n) is 34.1. The van der Waals surface area contributed by atoms with E-state index in [9.17, 15) is 27.6 Å². The zero-order valence-corrected chi connectivity index (χ0v) is 35.0. The highest BCUT2D eigenvalue weighted by atomic mass is 32.2. The van der Waals surface area contributed by atoms with Crippen LogP contribution in [0.1, 0.15) is 74.1 Å². The predicted molar refractivity (Wildman–Crippen MR) is 207 cm³/mol. The van der Waals surface area contributed by atoms with Crippen LogP contribution in [0.4, 0.5) is 5.69 Å². The molecule has 3 N–H and O–H groups in total. The molecule has 1 aromatic rings. The van der Waals surface area contributed by atoms with Crippen LogP contribution in [0, 0.1) is 23.7 Å². The summed E-state index contributed by atoms with van der Waals surface area (Å²) in [4.78, 5) is 60.2. The third kappa shape index (κ3) is 11.6. The van der Waals surface area contributed by atoms with Gasteiger partial charge in [-0.05, 0) is 69.0 Å². The molecule has 1 aliphatic heterocycles. The van der Waals surface area contributed by atoms with Crippen molar-refractivity contribution in [3.05, 3.63) is 24.3 Å². The monoisotopic (exact) mass is 766 g/mol. The highest BCUT2D eigenvalue weighted by molar-refractivity contribution is 7.90. The number of benzene rings is 1. The number of hydrogen-bond donors (Lipinski definition) is 3. The summed E-state index contributed by atoms with van der Waals surface area (Å²) in [6, 6.07) is 3.84. The summed E-state index contributed by atoms with van der Waals surface area (Å²) in [5.74, 6) is -2.59. The maximum Gasteiger partial charge on any atom is 0.264 e. The Morgan fingerprint density at radius 3 is 2.00 bits per heavy atom. The zero-order chi connectivity index (χ0) is 40.4. The van der Waals surface area contributed by atoms with Gasteiger partial charge in [-0.1, -0.05) is 54.9 Å². The SMILES string of the molecule is CC[C@H](C)C([C@@H](CC(=O)N1CCC[C@H]1[C@H](OC)[C@@H](C)C(=O)NS(=O)(=O)c1ccc(NC)cc1)OC)N(C)C(=O)[C@@H](NC(=O)C(C(C)C)N(C)C)C(C)C. The van der Waals surface area contributed by atoms with Gasteiger partial charge >= 0.3 is 0 Å². The van der Waals surface area contributed by atoms with Crippen molar-refractivity contribution in [1.29, 1.82) is 0 Å². The fourth-order valence-electron chi connectivity index (χ4n) is 7.50. The minimum Gasteiger partial charge on any atom is -0.388 e. The van der Waals surface area contributed by atoms with Gasteiger partial charge in [0, 0.05) is 40.5 Å². The normalized spacial score (nSPS) is 18.9. The van der Waals surface area contributed by atoms with Gasteiger partial charge in [0.1, 0.15) is 6.04 Å². The predicted octanol–water partition coefficient (Wildman–Crippen LogP) is 3.18. The van der Waals surface area contributed by atoms with E-state index in [0.717, 1.165) is 5.69 Å². The van der Waals surface area contributed by atoms with E-state index in [1.165, 1.54) is 26.4 Å². The molecule has 14 nitrogen and oxygen atoms in total. The van der Waals surface area contributed by atoms with Gasteiger partial charge in [0.25, 0.3) is 10.0 Å². The number of hydrogen-bond acceptors (Lipinski definition) is 10. The maximum atomic E-state index is 14.2. The first-order chi connectivity index (χ1) is 24.8. The van der Waals surface area contributed by atoms with Gasteiger partial charge in [-0.15, -0.1) is 0 Å².